The zero-order chi connectivity index (χ0) is 12.6. The number of nitrogens with two attached hydrogens (primary N) is 1. The molecule has 1 aliphatic rings. The van der Waals surface area contributed by atoms with Gasteiger partial charge in [-0.1, -0.05) is 6.07 Å². The summed E-state index contributed by atoms with van der Waals surface area (Å²) in [5.74, 6) is 0.690. The minimum absolute atomic E-state index is 0.0173. The quantitative estimate of drug-likeness (QED) is 0.815. The Balaban J connectivity index is 2.45. The molecule has 0 atom stereocenters. The second-order valence-electron chi connectivity index (χ2n) is 4.93. The molecule has 0 spiro atoms. The molecular formula is C14H19NO2. The minimum Gasteiger partial charge on any atom is -0.496 e. The number of carbonyl (C=O) groups is 1. The number of hydrogen-bond acceptors (Lipinski definition) is 3. The largest absolute Gasteiger partial charge is 0.496 e. The van der Waals surface area contributed by atoms with Gasteiger partial charge in [0, 0.05) is 0 Å². The Labute approximate surface area is 102 Å². The van der Waals surface area contributed by atoms with E-state index in [1.54, 1.807) is 7.11 Å². The van der Waals surface area contributed by atoms with Crippen LogP contribution < -0.4 is 10.5 Å². The molecule has 1 fully saturated rings. The lowest BCUT2D eigenvalue weighted by molar-refractivity contribution is 0.0797. The number of ether oxygens (including phenoxy) is 1. The lowest BCUT2D eigenvalue weighted by Gasteiger charge is -2.36. The fourth-order valence-electron chi connectivity index (χ4n) is 2.28. The Morgan fingerprint density at radius 2 is 2.00 bits per heavy atom. The number of hydrogen-bond donors (Lipinski definition) is 1. The molecule has 0 heterocycles. The fraction of sp³-hybridized carbons (Fsp3) is 0.500. The van der Waals surface area contributed by atoms with Crippen LogP contribution in [0.3, 0.4) is 0 Å². The standard InChI is InChI=1S/C14H19NO2/c1-9-5-6-11(12(17-3)10(9)2)13(16)14(15)7-4-8-14/h5-6H,4,7-8,15H2,1-3H3. The molecule has 0 amide bonds. The van der Waals surface area contributed by atoms with E-state index in [4.69, 9.17) is 10.5 Å². The molecule has 0 unspecified atom stereocenters. The molecule has 2 N–H and O–H groups in total. The Hall–Kier alpha value is -1.35. The van der Waals surface area contributed by atoms with Crippen LogP contribution in [0, 0.1) is 13.8 Å². The Kier molecular flexibility index (Phi) is 2.96. The van der Waals surface area contributed by atoms with E-state index in [1.165, 1.54) is 0 Å². The smallest absolute Gasteiger partial charge is 0.186 e. The van der Waals surface area contributed by atoms with Gasteiger partial charge in [0.2, 0.25) is 0 Å². The molecule has 1 aromatic carbocycles. The number of methoxy groups -OCH3 is 1. The van der Waals surface area contributed by atoms with E-state index in [-0.39, 0.29) is 5.78 Å². The lowest BCUT2D eigenvalue weighted by Crippen LogP contribution is -2.53. The monoisotopic (exact) mass is 233 g/mol. The van der Waals surface area contributed by atoms with Crippen LogP contribution in [0.25, 0.3) is 0 Å². The minimum atomic E-state index is -0.658. The van der Waals surface area contributed by atoms with Crippen LogP contribution in [0.5, 0.6) is 5.75 Å². The normalized spacial score (nSPS) is 17.4. The number of carbonyl (C=O) groups excluding carboxylic acids is 1. The highest BCUT2D eigenvalue weighted by Crippen LogP contribution is 2.36. The highest BCUT2D eigenvalue weighted by Gasteiger charge is 2.41. The van der Waals surface area contributed by atoms with Gasteiger partial charge in [-0.2, -0.15) is 0 Å². The van der Waals surface area contributed by atoms with Crippen molar-refractivity contribution in [1.29, 1.82) is 0 Å². The maximum Gasteiger partial charge on any atom is 0.186 e. The average Bonchev–Trinajstić information content (AvgIpc) is 2.28. The molecule has 0 aliphatic heterocycles. The third-order valence-electron chi connectivity index (χ3n) is 3.82. The average molecular weight is 233 g/mol. The summed E-state index contributed by atoms with van der Waals surface area (Å²) in [6, 6.07) is 3.78. The summed E-state index contributed by atoms with van der Waals surface area (Å²) in [6.45, 7) is 3.97. The van der Waals surface area contributed by atoms with E-state index in [9.17, 15) is 4.79 Å². The maximum absolute atomic E-state index is 12.4. The van der Waals surface area contributed by atoms with Crippen LogP contribution in [-0.4, -0.2) is 18.4 Å². The summed E-state index contributed by atoms with van der Waals surface area (Å²) in [4.78, 5) is 12.4. The Morgan fingerprint density at radius 1 is 1.35 bits per heavy atom. The van der Waals surface area contributed by atoms with Crippen molar-refractivity contribution >= 4 is 5.78 Å². The van der Waals surface area contributed by atoms with Gasteiger partial charge in [0.05, 0.1) is 18.2 Å². The van der Waals surface area contributed by atoms with Gasteiger partial charge in [-0.3, -0.25) is 4.79 Å². The topological polar surface area (TPSA) is 52.3 Å². The van der Waals surface area contributed by atoms with Gasteiger partial charge in [-0.25, -0.2) is 0 Å². The fourth-order valence-corrected chi connectivity index (χ4v) is 2.28. The number of Topliss-reactive ketones (excluding diaryl/α,β-unsaturated/α-hetero) is 1. The number of rotatable bonds is 3. The van der Waals surface area contributed by atoms with Gasteiger partial charge < -0.3 is 10.5 Å². The van der Waals surface area contributed by atoms with Gasteiger partial charge in [0.1, 0.15) is 5.75 Å². The molecule has 3 nitrogen and oxygen atoms in total. The first-order valence-electron chi connectivity index (χ1n) is 5.97. The van der Waals surface area contributed by atoms with Crippen LogP contribution in [0.15, 0.2) is 12.1 Å². The molecule has 0 aromatic heterocycles. The molecule has 1 aromatic rings. The predicted molar refractivity (Wildman–Crippen MR) is 67.6 cm³/mol. The van der Waals surface area contributed by atoms with Crippen molar-refractivity contribution in [3.05, 3.63) is 28.8 Å². The van der Waals surface area contributed by atoms with Crippen molar-refractivity contribution in [2.75, 3.05) is 7.11 Å². The van der Waals surface area contributed by atoms with Crippen LogP contribution in [0.4, 0.5) is 0 Å². The molecular weight excluding hydrogens is 214 g/mol. The molecule has 2 rings (SSSR count). The van der Waals surface area contributed by atoms with Crippen molar-refractivity contribution in [2.45, 2.75) is 38.6 Å². The van der Waals surface area contributed by atoms with E-state index in [2.05, 4.69) is 0 Å². The van der Waals surface area contributed by atoms with E-state index >= 15 is 0 Å². The van der Waals surface area contributed by atoms with Crippen LogP contribution in [0.1, 0.15) is 40.7 Å². The first-order chi connectivity index (χ1) is 7.99. The molecule has 1 saturated carbocycles. The number of aryl methyl sites for hydroxylation is 1. The number of benzene rings is 1. The van der Waals surface area contributed by atoms with Crippen LogP contribution >= 0.6 is 0 Å². The van der Waals surface area contributed by atoms with Crippen molar-refractivity contribution in [2.24, 2.45) is 5.73 Å². The van der Waals surface area contributed by atoms with Crippen LogP contribution in [-0.2, 0) is 0 Å². The van der Waals surface area contributed by atoms with Crippen molar-refractivity contribution in [1.82, 2.24) is 0 Å². The summed E-state index contributed by atoms with van der Waals surface area (Å²) in [5, 5.41) is 0. The zero-order valence-electron chi connectivity index (χ0n) is 10.7. The van der Waals surface area contributed by atoms with Gasteiger partial charge in [-0.05, 0) is 50.3 Å². The number of ketones is 1. The Bertz CT molecular complexity index is 462. The maximum atomic E-state index is 12.4. The highest BCUT2D eigenvalue weighted by molar-refractivity contribution is 6.06. The molecule has 0 radical (unpaired) electrons. The Morgan fingerprint density at radius 3 is 2.47 bits per heavy atom. The summed E-state index contributed by atoms with van der Waals surface area (Å²) >= 11 is 0. The molecule has 1 aliphatic carbocycles. The molecule has 3 heteroatoms. The summed E-state index contributed by atoms with van der Waals surface area (Å²) < 4.78 is 5.37. The molecule has 0 bridgehead atoms. The highest BCUT2D eigenvalue weighted by atomic mass is 16.5. The van der Waals surface area contributed by atoms with Gasteiger partial charge in [-0.15, -0.1) is 0 Å². The first-order valence-corrected chi connectivity index (χ1v) is 5.97. The lowest BCUT2D eigenvalue weighted by atomic mass is 9.72. The third-order valence-corrected chi connectivity index (χ3v) is 3.82. The SMILES string of the molecule is COc1c(C(=O)C2(N)CCC2)ccc(C)c1C. The van der Waals surface area contributed by atoms with Crippen LogP contribution in [0.2, 0.25) is 0 Å². The van der Waals surface area contributed by atoms with E-state index in [0.717, 1.165) is 30.4 Å². The summed E-state index contributed by atoms with van der Waals surface area (Å²) in [7, 11) is 1.60. The van der Waals surface area contributed by atoms with E-state index < -0.39 is 5.54 Å². The van der Waals surface area contributed by atoms with Crippen molar-refractivity contribution < 1.29 is 9.53 Å². The zero-order valence-corrected chi connectivity index (χ0v) is 10.7. The first kappa shape index (κ1) is 12.1. The summed E-state index contributed by atoms with van der Waals surface area (Å²) in [5.41, 5.74) is 8.19. The van der Waals surface area contributed by atoms with Gasteiger partial charge in [0.15, 0.2) is 5.78 Å². The molecule has 17 heavy (non-hydrogen) atoms. The van der Waals surface area contributed by atoms with Gasteiger partial charge >= 0.3 is 0 Å². The molecule has 92 valence electrons. The second-order valence-corrected chi connectivity index (χ2v) is 4.93. The van der Waals surface area contributed by atoms with E-state index in [1.807, 2.05) is 26.0 Å². The van der Waals surface area contributed by atoms with Crippen molar-refractivity contribution in [3.63, 3.8) is 0 Å². The second kappa shape index (κ2) is 4.15. The van der Waals surface area contributed by atoms with Crippen molar-refractivity contribution in [3.8, 4) is 5.75 Å². The summed E-state index contributed by atoms with van der Waals surface area (Å²) in [6.07, 6.45) is 2.60. The third kappa shape index (κ3) is 1.84. The predicted octanol–water partition coefficient (Wildman–Crippen LogP) is 2.38. The van der Waals surface area contributed by atoms with E-state index in [0.29, 0.717) is 11.3 Å². The van der Waals surface area contributed by atoms with Gasteiger partial charge in [0.25, 0.3) is 0 Å². The molecule has 0 saturated heterocycles.